The number of halogens is 1. The Kier molecular flexibility index (Phi) is 5.52. The number of aromatic nitrogens is 2. The molecule has 1 atom stereocenters. The van der Waals surface area contributed by atoms with Gasteiger partial charge in [0.25, 0.3) is 11.1 Å². The van der Waals surface area contributed by atoms with E-state index < -0.39 is 11.1 Å². The molecule has 0 saturated carbocycles. The van der Waals surface area contributed by atoms with Gasteiger partial charge in [-0.2, -0.15) is 0 Å². The van der Waals surface area contributed by atoms with Crippen LogP contribution >= 0.6 is 11.8 Å². The number of nitrogens with zero attached hydrogens (tertiary/aromatic N) is 2. The van der Waals surface area contributed by atoms with Gasteiger partial charge in [-0.3, -0.25) is 4.79 Å². The van der Waals surface area contributed by atoms with Crippen molar-refractivity contribution in [3.05, 3.63) is 54.3 Å². The number of hydrogen-bond acceptors (Lipinski definition) is 6. The van der Waals surface area contributed by atoms with Crippen molar-refractivity contribution < 1.29 is 18.3 Å². The summed E-state index contributed by atoms with van der Waals surface area (Å²) < 4.78 is 24.4. The van der Waals surface area contributed by atoms with E-state index in [-0.39, 0.29) is 22.6 Å². The molecule has 6 nitrogen and oxygen atoms in total. The fourth-order valence-electron chi connectivity index (χ4n) is 2.15. The number of hydrogen-bond donors (Lipinski definition) is 1. The summed E-state index contributed by atoms with van der Waals surface area (Å²) in [5, 5.41) is 10.2. The fourth-order valence-corrected chi connectivity index (χ4v) is 2.83. The number of carbonyl (C=O) groups excluding carboxylic acids is 1. The first kappa shape index (κ1) is 17.9. The highest BCUT2D eigenvalue weighted by molar-refractivity contribution is 8.00. The minimum atomic E-state index is -0.491. The molecule has 134 valence electrons. The fraction of sp³-hybridized carbons (Fsp3) is 0.167. The van der Waals surface area contributed by atoms with E-state index in [4.69, 9.17) is 9.15 Å². The van der Waals surface area contributed by atoms with Crippen LogP contribution in [-0.2, 0) is 4.79 Å². The topological polar surface area (TPSA) is 77.2 Å². The van der Waals surface area contributed by atoms with Gasteiger partial charge >= 0.3 is 0 Å². The van der Waals surface area contributed by atoms with Gasteiger partial charge in [-0.1, -0.05) is 30.0 Å². The van der Waals surface area contributed by atoms with E-state index in [2.05, 4.69) is 15.5 Å². The third-order valence-electron chi connectivity index (χ3n) is 3.49. The summed E-state index contributed by atoms with van der Waals surface area (Å²) in [6, 6.07) is 13.2. The molecule has 26 heavy (non-hydrogen) atoms. The van der Waals surface area contributed by atoms with Crippen molar-refractivity contribution in [2.75, 3.05) is 12.4 Å². The van der Waals surface area contributed by atoms with Crippen molar-refractivity contribution in [2.45, 2.75) is 17.4 Å². The molecule has 0 aliphatic rings. The summed E-state index contributed by atoms with van der Waals surface area (Å²) in [5.74, 6) is 0.0472. The van der Waals surface area contributed by atoms with Gasteiger partial charge in [0.15, 0.2) is 0 Å². The van der Waals surface area contributed by atoms with E-state index in [0.29, 0.717) is 11.4 Å². The Balaban J connectivity index is 1.65. The van der Waals surface area contributed by atoms with Crippen molar-refractivity contribution >= 4 is 23.4 Å². The van der Waals surface area contributed by atoms with E-state index >= 15 is 0 Å². The second kappa shape index (κ2) is 8.01. The zero-order chi connectivity index (χ0) is 18.5. The lowest BCUT2D eigenvalue weighted by atomic mass is 10.2. The molecule has 1 N–H and O–H groups in total. The second-order valence-corrected chi connectivity index (χ2v) is 6.63. The molecule has 0 fully saturated rings. The van der Waals surface area contributed by atoms with Crippen molar-refractivity contribution in [3.63, 3.8) is 0 Å². The molecule has 0 saturated heterocycles. The number of methoxy groups -OCH3 is 1. The molecule has 2 aromatic carbocycles. The maximum Gasteiger partial charge on any atom is 0.277 e. The zero-order valence-electron chi connectivity index (χ0n) is 14.1. The number of anilines is 1. The first-order valence-corrected chi connectivity index (χ1v) is 8.65. The van der Waals surface area contributed by atoms with E-state index in [0.717, 1.165) is 11.8 Å². The lowest BCUT2D eigenvalue weighted by molar-refractivity contribution is -0.115. The molecule has 1 aromatic heterocycles. The molecular formula is C18H16FN3O3S. The van der Waals surface area contributed by atoms with Crippen LogP contribution in [0.25, 0.3) is 11.5 Å². The van der Waals surface area contributed by atoms with Crippen molar-refractivity contribution in [1.29, 1.82) is 0 Å². The molecule has 1 heterocycles. The van der Waals surface area contributed by atoms with Gasteiger partial charge in [-0.15, -0.1) is 10.2 Å². The van der Waals surface area contributed by atoms with Gasteiger partial charge in [0.1, 0.15) is 11.6 Å². The number of rotatable bonds is 6. The minimum absolute atomic E-state index is 0.0750. The molecule has 0 bridgehead atoms. The number of nitrogens with one attached hydrogen (secondary N) is 1. The van der Waals surface area contributed by atoms with Gasteiger partial charge < -0.3 is 14.5 Å². The van der Waals surface area contributed by atoms with Crippen LogP contribution in [0.3, 0.4) is 0 Å². The monoisotopic (exact) mass is 373 g/mol. The predicted octanol–water partition coefficient (Wildman–Crippen LogP) is 4.00. The Hall–Kier alpha value is -2.87. The van der Waals surface area contributed by atoms with E-state index in [1.807, 2.05) is 0 Å². The Bertz CT molecular complexity index is 916. The highest BCUT2D eigenvalue weighted by Gasteiger charge is 2.20. The lowest BCUT2D eigenvalue weighted by Gasteiger charge is -2.10. The SMILES string of the molecule is COc1cccc(NC(=O)[C@@H](C)Sc2nnc(-c3ccccc3F)o2)c1. The first-order chi connectivity index (χ1) is 12.6. The lowest BCUT2D eigenvalue weighted by Crippen LogP contribution is -2.22. The Labute approximate surface area is 153 Å². The normalized spacial score (nSPS) is 11.8. The molecule has 0 aliphatic carbocycles. The van der Waals surface area contributed by atoms with Crippen LogP contribution in [0.2, 0.25) is 0 Å². The van der Waals surface area contributed by atoms with Crippen LogP contribution in [0.1, 0.15) is 6.92 Å². The first-order valence-electron chi connectivity index (χ1n) is 7.77. The van der Waals surface area contributed by atoms with Crippen LogP contribution in [0.4, 0.5) is 10.1 Å². The van der Waals surface area contributed by atoms with E-state index in [1.54, 1.807) is 56.5 Å². The molecule has 1 amide bonds. The van der Waals surface area contributed by atoms with Gasteiger partial charge in [0.05, 0.1) is 17.9 Å². The molecule has 0 spiro atoms. The zero-order valence-corrected chi connectivity index (χ0v) is 14.9. The van der Waals surface area contributed by atoms with Crippen LogP contribution < -0.4 is 10.1 Å². The Morgan fingerprint density at radius 3 is 2.81 bits per heavy atom. The summed E-state index contributed by atoms with van der Waals surface area (Å²) in [7, 11) is 1.56. The van der Waals surface area contributed by atoms with Crippen molar-refractivity contribution in [2.24, 2.45) is 0 Å². The average Bonchev–Trinajstić information content (AvgIpc) is 3.10. The van der Waals surface area contributed by atoms with Gasteiger partial charge in [-0.05, 0) is 31.2 Å². The smallest absolute Gasteiger partial charge is 0.277 e. The summed E-state index contributed by atoms with van der Waals surface area (Å²) in [6.45, 7) is 1.72. The van der Waals surface area contributed by atoms with Gasteiger partial charge in [-0.25, -0.2) is 4.39 Å². The number of amides is 1. The number of benzene rings is 2. The van der Waals surface area contributed by atoms with Crippen LogP contribution in [0.15, 0.2) is 58.2 Å². The maximum atomic E-state index is 13.8. The molecule has 0 unspecified atom stereocenters. The van der Waals surface area contributed by atoms with Crippen LogP contribution in [-0.4, -0.2) is 28.5 Å². The molecule has 3 aromatic rings. The second-order valence-electron chi connectivity index (χ2n) is 5.33. The number of thioether (sulfide) groups is 1. The van der Waals surface area contributed by atoms with Gasteiger partial charge in [0, 0.05) is 11.8 Å². The highest BCUT2D eigenvalue weighted by Crippen LogP contribution is 2.28. The largest absolute Gasteiger partial charge is 0.497 e. The molecule has 0 aliphatic heterocycles. The Morgan fingerprint density at radius 1 is 1.23 bits per heavy atom. The van der Waals surface area contributed by atoms with Crippen molar-refractivity contribution in [1.82, 2.24) is 10.2 Å². The summed E-state index contributed by atoms with van der Waals surface area (Å²) in [5.41, 5.74) is 0.847. The maximum absolute atomic E-state index is 13.8. The molecular weight excluding hydrogens is 357 g/mol. The highest BCUT2D eigenvalue weighted by atomic mass is 32.2. The van der Waals surface area contributed by atoms with Crippen LogP contribution in [0.5, 0.6) is 5.75 Å². The van der Waals surface area contributed by atoms with Crippen molar-refractivity contribution in [3.8, 4) is 17.2 Å². The standard InChI is InChI=1S/C18H16FN3O3S/c1-11(16(23)20-12-6-5-7-13(10-12)24-2)26-18-22-21-17(25-18)14-8-3-4-9-15(14)19/h3-11H,1-2H3,(H,20,23)/t11-/m1/s1. The van der Waals surface area contributed by atoms with Gasteiger partial charge in [0.2, 0.25) is 5.91 Å². The molecule has 3 rings (SSSR count). The summed E-state index contributed by atoms with van der Waals surface area (Å²) >= 11 is 1.10. The number of carbonyl (C=O) groups is 1. The summed E-state index contributed by atoms with van der Waals surface area (Å²) in [6.07, 6.45) is 0. The summed E-state index contributed by atoms with van der Waals surface area (Å²) in [4.78, 5) is 12.3. The third kappa shape index (κ3) is 4.20. The predicted molar refractivity (Wildman–Crippen MR) is 96.6 cm³/mol. The minimum Gasteiger partial charge on any atom is -0.497 e. The third-order valence-corrected chi connectivity index (χ3v) is 4.43. The molecule has 8 heteroatoms. The van der Waals surface area contributed by atoms with Crippen LogP contribution in [0, 0.1) is 5.82 Å². The molecule has 0 radical (unpaired) electrons. The van der Waals surface area contributed by atoms with E-state index in [9.17, 15) is 9.18 Å². The quantitative estimate of drug-likeness (QED) is 0.658. The Morgan fingerprint density at radius 2 is 2.04 bits per heavy atom. The number of ether oxygens (including phenoxy) is 1. The average molecular weight is 373 g/mol. The van der Waals surface area contributed by atoms with E-state index in [1.165, 1.54) is 6.07 Å².